The number of nitrogens with one attached hydrogen (secondary N) is 2. The summed E-state index contributed by atoms with van der Waals surface area (Å²) in [5, 5.41) is 6.38. The van der Waals surface area contributed by atoms with E-state index in [1.807, 2.05) is 18.2 Å². The smallest absolute Gasteiger partial charge is 0.131 e. The summed E-state index contributed by atoms with van der Waals surface area (Å²) in [6.45, 7) is 1.99. The molecule has 0 bridgehead atoms. The summed E-state index contributed by atoms with van der Waals surface area (Å²) in [5.41, 5.74) is 6.62. The van der Waals surface area contributed by atoms with Crippen LogP contribution in [0.1, 0.15) is 5.56 Å². The Bertz CT molecular complexity index is 532. The van der Waals surface area contributed by atoms with Crippen molar-refractivity contribution < 1.29 is 0 Å². The Morgan fingerprint density at radius 3 is 2.63 bits per heavy atom. The van der Waals surface area contributed by atoms with Gasteiger partial charge in [-0.05, 0) is 17.7 Å². The molecule has 19 heavy (non-hydrogen) atoms. The van der Waals surface area contributed by atoms with Gasteiger partial charge in [0, 0.05) is 30.2 Å². The molecular weight excluding hydrogens is 306 g/mol. The highest BCUT2D eigenvalue weighted by Crippen LogP contribution is 2.14. The first-order chi connectivity index (χ1) is 9.28. The Labute approximate surface area is 120 Å². The van der Waals surface area contributed by atoms with Gasteiger partial charge in [-0.25, -0.2) is 9.97 Å². The number of anilines is 2. The summed E-state index contributed by atoms with van der Waals surface area (Å²) in [5.74, 6) is 1.56. The second kappa shape index (κ2) is 7.06. The molecule has 2 rings (SSSR count). The maximum absolute atomic E-state index is 5.44. The molecule has 0 amide bonds. The average Bonchev–Trinajstić information content (AvgIpc) is 2.43. The number of halogens is 1. The third kappa shape index (κ3) is 4.50. The fourth-order valence-corrected chi connectivity index (χ4v) is 2.04. The lowest BCUT2D eigenvalue weighted by atomic mass is 10.2. The zero-order valence-electron chi connectivity index (χ0n) is 10.4. The second-order valence-corrected chi connectivity index (χ2v) is 4.90. The maximum atomic E-state index is 5.44. The molecule has 5 nitrogen and oxygen atoms in total. The van der Waals surface area contributed by atoms with Gasteiger partial charge in [0.1, 0.15) is 18.0 Å². The summed E-state index contributed by atoms with van der Waals surface area (Å²) in [7, 11) is 0. The molecule has 0 fully saturated rings. The van der Waals surface area contributed by atoms with Crippen molar-refractivity contribution in [2.24, 2.45) is 5.73 Å². The van der Waals surface area contributed by atoms with Crippen LogP contribution < -0.4 is 16.4 Å². The van der Waals surface area contributed by atoms with E-state index >= 15 is 0 Å². The number of nitrogens with two attached hydrogens (primary N) is 1. The summed E-state index contributed by atoms with van der Waals surface area (Å²) >= 11 is 3.45. The largest absolute Gasteiger partial charge is 0.369 e. The quantitative estimate of drug-likeness (QED) is 0.760. The van der Waals surface area contributed by atoms with Crippen molar-refractivity contribution in [3.8, 4) is 0 Å². The molecule has 0 unspecified atom stereocenters. The van der Waals surface area contributed by atoms with Crippen LogP contribution in [0.15, 0.2) is 41.1 Å². The summed E-state index contributed by atoms with van der Waals surface area (Å²) < 4.78 is 1.07. The number of aromatic nitrogens is 2. The highest BCUT2D eigenvalue weighted by Gasteiger charge is 1.99. The summed E-state index contributed by atoms with van der Waals surface area (Å²) in [6.07, 6.45) is 1.53. The molecule has 4 N–H and O–H groups in total. The molecule has 0 saturated heterocycles. The Morgan fingerprint density at radius 1 is 1.11 bits per heavy atom. The number of nitrogens with zero attached hydrogens (tertiary/aromatic N) is 2. The van der Waals surface area contributed by atoms with Crippen LogP contribution in [0.25, 0.3) is 0 Å². The molecular formula is C13H16BrN5. The van der Waals surface area contributed by atoms with Crippen molar-refractivity contribution in [3.63, 3.8) is 0 Å². The van der Waals surface area contributed by atoms with Crippen molar-refractivity contribution in [1.82, 2.24) is 9.97 Å². The fourth-order valence-electron chi connectivity index (χ4n) is 1.59. The number of hydrogen-bond donors (Lipinski definition) is 3. The monoisotopic (exact) mass is 321 g/mol. The molecule has 2 aromatic rings. The molecule has 0 aliphatic rings. The molecule has 0 saturated carbocycles. The van der Waals surface area contributed by atoms with Gasteiger partial charge < -0.3 is 16.4 Å². The van der Waals surface area contributed by atoms with Gasteiger partial charge in [-0.3, -0.25) is 0 Å². The molecule has 0 aliphatic heterocycles. The van der Waals surface area contributed by atoms with Crippen LogP contribution in [0, 0.1) is 0 Å². The molecule has 0 radical (unpaired) electrons. The van der Waals surface area contributed by atoms with Crippen LogP contribution in [0.5, 0.6) is 0 Å². The Balaban J connectivity index is 1.95. The summed E-state index contributed by atoms with van der Waals surface area (Å²) in [4.78, 5) is 8.30. The van der Waals surface area contributed by atoms with Crippen LogP contribution in [0.4, 0.5) is 11.6 Å². The predicted molar refractivity (Wildman–Crippen MR) is 81.0 cm³/mol. The van der Waals surface area contributed by atoms with Crippen molar-refractivity contribution in [2.45, 2.75) is 6.54 Å². The third-order valence-corrected chi connectivity index (χ3v) is 2.97. The standard InChI is InChI=1S/C13H16BrN5/c14-11-3-1-2-10(6-11)8-17-13-7-12(16-5-4-15)18-9-19-13/h1-3,6-7,9H,4-5,8,15H2,(H2,16,17,18,19). The number of benzene rings is 1. The first-order valence-corrected chi connectivity index (χ1v) is 6.81. The Hall–Kier alpha value is -1.66. The summed E-state index contributed by atoms with van der Waals surface area (Å²) in [6, 6.07) is 10.0. The maximum Gasteiger partial charge on any atom is 0.131 e. The minimum absolute atomic E-state index is 0.574. The number of rotatable bonds is 6. The zero-order chi connectivity index (χ0) is 13.5. The molecule has 1 heterocycles. The normalized spacial score (nSPS) is 10.2. The van der Waals surface area contributed by atoms with Crippen molar-refractivity contribution in [3.05, 3.63) is 46.7 Å². The van der Waals surface area contributed by atoms with E-state index in [9.17, 15) is 0 Å². The van der Waals surface area contributed by atoms with Gasteiger partial charge in [0.15, 0.2) is 0 Å². The SMILES string of the molecule is NCCNc1cc(NCc2cccc(Br)c2)ncn1. The van der Waals surface area contributed by atoms with E-state index in [-0.39, 0.29) is 0 Å². The van der Waals surface area contributed by atoms with Crippen molar-refractivity contribution in [1.29, 1.82) is 0 Å². The Kier molecular flexibility index (Phi) is 5.11. The molecule has 0 aliphatic carbocycles. The molecule has 100 valence electrons. The minimum Gasteiger partial charge on any atom is -0.369 e. The van der Waals surface area contributed by atoms with Crippen LogP contribution in [0.3, 0.4) is 0 Å². The van der Waals surface area contributed by atoms with Gasteiger partial charge in [-0.2, -0.15) is 0 Å². The molecule has 1 aromatic heterocycles. The highest BCUT2D eigenvalue weighted by molar-refractivity contribution is 9.10. The van der Waals surface area contributed by atoms with E-state index in [4.69, 9.17) is 5.73 Å². The third-order valence-electron chi connectivity index (χ3n) is 2.48. The molecule has 6 heteroatoms. The molecule has 0 spiro atoms. The van der Waals surface area contributed by atoms with E-state index in [1.54, 1.807) is 0 Å². The predicted octanol–water partition coefficient (Wildman–Crippen LogP) is 2.22. The fraction of sp³-hybridized carbons (Fsp3) is 0.231. The zero-order valence-corrected chi connectivity index (χ0v) is 12.0. The van der Waals surface area contributed by atoms with E-state index in [0.29, 0.717) is 19.6 Å². The van der Waals surface area contributed by atoms with E-state index in [2.05, 4.69) is 48.7 Å². The van der Waals surface area contributed by atoms with Crippen LogP contribution in [-0.2, 0) is 6.54 Å². The Morgan fingerprint density at radius 2 is 1.89 bits per heavy atom. The van der Waals surface area contributed by atoms with Crippen LogP contribution >= 0.6 is 15.9 Å². The van der Waals surface area contributed by atoms with Gasteiger partial charge in [0.05, 0.1) is 0 Å². The van der Waals surface area contributed by atoms with E-state index in [0.717, 1.165) is 16.1 Å². The lowest BCUT2D eigenvalue weighted by Crippen LogP contribution is -2.14. The topological polar surface area (TPSA) is 75.9 Å². The molecule has 0 atom stereocenters. The van der Waals surface area contributed by atoms with Crippen LogP contribution in [-0.4, -0.2) is 23.1 Å². The van der Waals surface area contributed by atoms with Crippen LogP contribution in [0.2, 0.25) is 0 Å². The molecule has 1 aromatic carbocycles. The average molecular weight is 322 g/mol. The van der Waals surface area contributed by atoms with Crippen molar-refractivity contribution in [2.75, 3.05) is 23.7 Å². The lowest BCUT2D eigenvalue weighted by molar-refractivity contribution is 1.00. The van der Waals surface area contributed by atoms with E-state index in [1.165, 1.54) is 11.9 Å². The lowest BCUT2D eigenvalue weighted by Gasteiger charge is -2.08. The van der Waals surface area contributed by atoms with Gasteiger partial charge in [-0.15, -0.1) is 0 Å². The van der Waals surface area contributed by atoms with E-state index < -0.39 is 0 Å². The van der Waals surface area contributed by atoms with Gasteiger partial charge in [0.2, 0.25) is 0 Å². The minimum atomic E-state index is 0.574. The van der Waals surface area contributed by atoms with Gasteiger partial charge in [-0.1, -0.05) is 28.1 Å². The van der Waals surface area contributed by atoms with Gasteiger partial charge in [0.25, 0.3) is 0 Å². The number of hydrogen-bond acceptors (Lipinski definition) is 5. The van der Waals surface area contributed by atoms with Crippen molar-refractivity contribution >= 4 is 27.6 Å². The van der Waals surface area contributed by atoms with Gasteiger partial charge >= 0.3 is 0 Å². The highest BCUT2D eigenvalue weighted by atomic mass is 79.9. The first-order valence-electron chi connectivity index (χ1n) is 6.02. The first kappa shape index (κ1) is 13.8. The second-order valence-electron chi connectivity index (χ2n) is 3.99.